The van der Waals surface area contributed by atoms with Gasteiger partial charge in [-0.3, -0.25) is 0 Å². The maximum absolute atomic E-state index is 9.88. The Bertz CT molecular complexity index is 380. The summed E-state index contributed by atoms with van der Waals surface area (Å²) in [7, 11) is 0. The van der Waals surface area contributed by atoms with Crippen LogP contribution in [0.25, 0.3) is 0 Å². The summed E-state index contributed by atoms with van der Waals surface area (Å²) >= 11 is 0. The number of aliphatic hydroxyl groups excluding tert-OH is 1. The summed E-state index contributed by atoms with van der Waals surface area (Å²) in [4.78, 5) is 0. The molecule has 1 aromatic rings. The number of rotatable bonds is 10. The number of aliphatic hydroxyl groups is 1. The third kappa shape index (κ3) is 6.80. The van der Waals surface area contributed by atoms with E-state index in [0.29, 0.717) is 25.6 Å². The lowest BCUT2D eigenvalue weighted by Crippen LogP contribution is -2.42. The first-order valence-corrected chi connectivity index (χ1v) is 7.21. The van der Waals surface area contributed by atoms with Crippen molar-refractivity contribution in [1.29, 1.82) is 0 Å². The van der Waals surface area contributed by atoms with Crippen molar-refractivity contribution in [3.8, 4) is 11.5 Å². The largest absolute Gasteiger partial charge is 0.491 e. The Morgan fingerprint density at radius 2 is 1.67 bits per heavy atom. The second kappa shape index (κ2) is 9.60. The molecule has 1 rings (SSSR count). The molecule has 0 saturated heterocycles. The van der Waals surface area contributed by atoms with Gasteiger partial charge in [0, 0.05) is 12.6 Å². The number of hydrogen-bond donors (Lipinski definition) is 2. The number of ether oxygens (including phenoxy) is 3. The molecule has 0 aliphatic rings. The van der Waals surface area contributed by atoms with Gasteiger partial charge in [0.15, 0.2) is 0 Å². The molecule has 0 bridgehead atoms. The van der Waals surface area contributed by atoms with Crippen molar-refractivity contribution in [1.82, 2.24) is 0 Å². The van der Waals surface area contributed by atoms with Crippen LogP contribution in [-0.4, -0.2) is 43.7 Å². The molecule has 1 radical (unpaired) electrons. The van der Waals surface area contributed by atoms with Crippen LogP contribution in [0.3, 0.4) is 0 Å². The van der Waals surface area contributed by atoms with Gasteiger partial charge in [0.2, 0.25) is 0 Å². The molecule has 21 heavy (non-hydrogen) atoms. The average molecular weight is 296 g/mol. The van der Waals surface area contributed by atoms with Gasteiger partial charge in [-0.1, -0.05) is 13.8 Å². The fourth-order valence-electron chi connectivity index (χ4n) is 1.69. The molecule has 119 valence electrons. The summed E-state index contributed by atoms with van der Waals surface area (Å²) < 4.78 is 16.1. The van der Waals surface area contributed by atoms with Gasteiger partial charge in [-0.05, 0) is 37.1 Å². The second-order valence-corrected chi connectivity index (χ2v) is 5.13. The molecule has 0 aromatic heterocycles. The van der Waals surface area contributed by atoms with Gasteiger partial charge < -0.3 is 25.1 Å². The highest BCUT2D eigenvalue weighted by Crippen LogP contribution is 2.18. The molecule has 0 aliphatic heterocycles. The zero-order valence-electron chi connectivity index (χ0n) is 12.8. The van der Waals surface area contributed by atoms with E-state index in [4.69, 9.17) is 19.9 Å². The molecule has 0 spiro atoms. The predicted octanol–water partition coefficient (Wildman–Crippen LogP) is 1.64. The molecular weight excluding hydrogens is 270 g/mol. The van der Waals surface area contributed by atoms with Gasteiger partial charge >= 0.3 is 0 Å². The highest BCUT2D eigenvalue weighted by Gasteiger charge is 2.18. The highest BCUT2D eigenvalue weighted by molar-refractivity contribution is 5.31. The highest BCUT2D eigenvalue weighted by atomic mass is 16.5. The quantitative estimate of drug-likeness (QED) is 0.642. The zero-order chi connectivity index (χ0) is 15.7. The lowest BCUT2D eigenvalue weighted by atomic mass is 10.0. The van der Waals surface area contributed by atoms with Crippen molar-refractivity contribution in [2.24, 2.45) is 11.7 Å². The third-order valence-electron chi connectivity index (χ3n) is 3.10. The minimum atomic E-state index is -0.680. The van der Waals surface area contributed by atoms with E-state index in [1.807, 2.05) is 26.0 Å². The Hall–Kier alpha value is -1.30. The fourth-order valence-corrected chi connectivity index (χ4v) is 1.69. The molecule has 1 aromatic carbocycles. The summed E-state index contributed by atoms with van der Waals surface area (Å²) in [6, 6.07) is 6.93. The van der Waals surface area contributed by atoms with Crippen LogP contribution in [-0.2, 0) is 4.74 Å². The summed E-state index contributed by atoms with van der Waals surface area (Å²) in [5, 5.41) is 9.88. The second-order valence-electron chi connectivity index (χ2n) is 5.13. The van der Waals surface area contributed by atoms with Crippen molar-refractivity contribution >= 4 is 0 Å². The van der Waals surface area contributed by atoms with Gasteiger partial charge in [-0.25, -0.2) is 0 Å². The fraction of sp³-hybridized carbons (Fsp3) is 0.562. The Kier molecular flexibility index (Phi) is 8.12. The molecule has 3 N–H and O–H groups in total. The van der Waals surface area contributed by atoms with Crippen molar-refractivity contribution in [2.75, 3.05) is 26.4 Å². The Labute approximate surface area is 127 Å². The van der Waals surface area contributed by atoms with Gasteiger partial charge in [0.25, 0.3) is 0 Å². The Balaban J connectivity index is 2.34. The van der Waals surface area contributed by atoms with Gasteiger partial charge in [0.1, 0.15) is 30.8 Å². The normalized spacial score (nSPS) is 14.0. The van der Waals surface area contributed by atoms with Crippen molar-refractivity contribution < 1.29 is 19.3 Å². The molecule has 0 fully saturated rings. The topological polar surface area (TPSA) is 73.9 Å². The van der Waals surface area contributed by atoms with E-state index in [0.717, 1.165) is 5.75 Å². The van der Waals surface area contributed by atoms with E-state index in [9.17, 15) is 5.11 Å². The third-order valence-corrected chi connectivity index (χ3v) is 3.10. The first-order valence-electron chi connectivity index (χ1n) is 7.21. The van der Waals surface area contributed by atoms with Gasteiger partial charge in [0.05, 0.1) is 6.61 Å². The lowest BCUT2D eigenvalue weighted by molar-refractivity contribution is 0.0715. The van der Waals surface area contributed by atoms with E-state index >= 15 is 0 Å². The molecule has 5 heteroatoms. The molecule has 0 heterocycles. The molecule has 0 aliphatic carbocycles. The maximum Gasteiger partial charge on any atom is 0.119 e. The maximum atomic E-state index is 9.88. The number of nitrogens with two attached hydrogens (primary N) is 1. The standard InChI is InChI=1S/C16H26NO4/c1-4-19-9-10-20-13-5-7-14(8-6-13)21-11-15(18)16(17)12(2)3/h5-8,12,15-16,18H,1,4,9-11,17H2,2-3H3. The summed E-state index contributed by atoms with van der Waals surface area (Å²) in [5.41, 5.74) is 5.86. The molecule has 2 unspecified atom stereocenters. The summed E-state index contributed by atoms with van der Waals surface area (Å²) in [6.45, 7) is 9.13. The monoisotopic (exact) mass is 296 g/mol. The Morgan fingerprint density at radius 3 is 2.19 bits per heavy atom. The van der Waals surface area contributed by atoms with Crippen LogP contribution in [0.4, 0.5) is 0 Å². The van der Waals surface area contributed by atoms with Crippen molar-refractivity contribution in [3.63, 3.8) is 0 Å². The van der Waals surface area contributed by atoms with Gasteiger partial charge in [-0.2, -0.15) is 0 Å². The first kappa shape index (κ1) is 17.8. The van der Waals surface area contributed by atoms with Crippen LogP contribution in [0.5, 0.6) is 11.5 Å². The smallest absolute Gasteiger partial charge is 0.119 e. The summed E-state index contributed by atoms with van der Waals surface area (Å²) in [6.07, 6.45) is -0.680. The van der Waals surface area contributed by atoms with Crippen LogP contribution < -0.4 is 15.2 Å². The minimum absolute atomic E-state index is 0.177. The summed E-state index contributed by atoms with van der Waals surface area (Å²) in [5.74, 6) is 1.63. The van der Waals surface area contributed by atoms with E-state index in [-0.39, 0.29) is 18.6 Å². The minimum Gasteiger partial charge on any atom is -0.491 e. The number of hydrogen-bond acceptors (Lipinski definition) is 5. The van der Waals surface area contributed by atoms with Crippen molar-refractivity contribution in [3.05, 3.63) is 31.2 Å². The lowest BCUT2D eigenvalue weighted by Gasteiger charge is -2.22. The molecule has 2 atom stereocenters. The van der Waals surface area contributed by atoms with Crippen LogP contribution >= 0.6 is 0 Å². The molecule has 5 nitrogen and oxygen atoms in total. The number of benzene rings is 1. The predicted molar refractivity (Wildman–Crippen MR) is 82.4 cm³/mol. The van der Waals surface area contributed by atoms with Crippen molar-refractivity contribution in [2.45, 2.75) is 26.0 Å². The van der Waals surface area contributed by atoms with E-state index in [1.165, 1.54) is 0 Å². The zero-order valence-corrected chi connectivity index (χ0v) is 12.8. The molecule has 0 amide bonds. The van der Waals surface area contributed by atoms with E-state index < -0.39 is 6.10 Å². The first-order chi connectivity index (χ1) is 10.0. The van der Waals surface area contributed by atoms with Crippen LogP contribution in [0.2, 0.25) is 0 Å². The molecular formula is C16H26NO4. The molecule has 0 saturated carbocycles. The van der Waals surface area contributed by atoms with Gasteiger partial charge in [-0.15, -0.1) is 0 Å². The van der Waals surface area contributed by atoms with E-state index in [1.54, 1.807) is 12.1 Å². The Morgan fingerprint density at radius 1 is 1.10 bits per heavy atom. The van der Waals surface area contributed by atoms with Crippen LogP contribution in [0, 0.1) is 12.8 Å². The van der Waals surface area contributed by atoms with E-state index in [2.05, 4.69) is 6.92 Å². The SMILES string of the molecule is [CH2]COCCOc1ccc(OCC(O)C(N)C(C)C)cc1. The van der Waals surface area contributed by atoms with Crippen LogP contribution in [0.1, 0.15) is 13.8 Å². The van der Waals surface area contributed by atoms with Crippen LogP contribution in [0.15, 0.2) is 24.3 Å². The average Bonchev–Trinajstić information content (AvgIpc) is 2.49.